The summed E-state index contributed by atoms with van der Waals surface area (Å²) < 4.78 is 0. The largest absolute Gasteiger partial charge is 0.480 e. The van der Waals surface area contributed by atoms with Crippen molar-refractivity contribution >= 4 is 28.6 Å². The van der Waals surface area contributed by atoms with E-state index < -0.39 is 17.9 Å². The first-order chi connectivity index (χ1) is 17.1. The van der Waals surface area contributed by atoms with E-state index in [1.807, 2.05) is 6.07 Å². The number of aliphatic carboxylic acids is 1. The molecule has 0 spiro atoms. The van der Waals surface area contributed by atoms with E-state index in [1.54, 1.807) is 18.3 Å². The number of carboxylic acid groups (broad SMARTS) is 1. The Bertz CT molecular complexity index is 1210. The Morgan fingerprint density at radius 1 is 1.26 bits per heavy atom. The second-order valence-corrected chi connectivity index (χ2v) is 9.62. The standard InChI is InChI=1S/C26H32N6O3/c33-25(20-4-1-5-22-21(20)15-28-31-22)30-23(26(34)35)11-14-32-13-10-17(16-32)6-8-19-9-7-18-3-2-12-27-24(18)29-19/h1,4-5,7,9,15,17,23H,2-3,6,8,10-14,16H2,(H,27,29)(H,28,31)(H,30,33)(H,34,35). The first kappa shape index (κ1) is 23.3. The first-order valence-corrected chi connectivity index (χ1v) is 12.5. The molecule has 4 heterocycles. The molecule has 1 saturated heterocycles. The molecule has 2 aliphatic rings. The van der Waals surface area contributed by atoms with Crippen LogP contribution in [0.15, 0.2) is 36.5 Å². The van der Waals surface area contributed by atoms with Crippen molar-refractivity contribution in [2.45, 2.75) is 44.6 Å². The van der Waals surface area contributed by atoms with Gasteiger partial charge in [0.25, 0.3) is 5.91 Å². The van der Waals surface area contributed by atoms with Crippen LogP contribution in [0.4, 0.5) is 5.82 Å². The van der Waals surface area contributed by atoms with Crippen LogP contribution in [0.1, 0.15) is 47.3 Å². The second-order valence-electron chi connectivity index (χ2n) is 9.62. The van der Waals surface area contributed by atoms with Crippen molar-refractivity contribution in [3.63, 3.8) is 0 Å². The molecule has 2 aromatic heterocycles. The number of nitrogens with one attached hydrogen (secondary N) is 3. The molecule has 0 radical (unpaired) electrons. The fourth-order valence-corrected chi connectivity index (χ4v) is 5.18. The molecule has 0 aliphatic carbocycles. The van der Waals surface area contributed by atoms with Crippen molar-refractivity contribution in [2.24, 2.45) is 5.92 Å². The van der Waals surface area contributed by atoms with Crippen LogP contribution >= 0.6 is 0 Å². The van der Waals surface area contributed by atoms with Gasteiger partial charge in [0.15, 0.2) is 0 Å². The van der Waals surface area contributed by atoms with Crippen molar-refractivity contribution in [2.75, 3.05) is 31.5 Å². The molecular formula is C26H32N6O3. The predicted octanol–water partition coefficient (Wildman–Crippen LogP) is 2.84. The van der Waals surface area contributed by atoms with Crippen molar-refractivity contribution < 1.29 is 14.7 Å². The highest BCUT2D eigenvalue weighted by Crippen LogP contribution is 2.24. The summed E-state index contributed by atoms with van der Waals surface area (Å²) in [5.74, 6) is 0.223. The number of hydrogen-bond donors (Lipinski definition) is 4. The van der Waals surface area contributed by atoms with Crippen LogP contribution in [0.5, 0.6) is 0 Å². The fraction of sp³-hybridized carbons (Fsp3) is 0.462. The number of fused-ring (bicyclic) bond motifs is 2. The van der Waals surface area contributed by atoms with Gasteiger partial charge in [0, 0.05) is 30.7 Å². The first-order valence-electron chi connectivity index (χ1n) is 12.5. The number of nitrogens with zero attached hydrogens (tertiary/aromatic N) is 3. The Hall–Kier alpha value is -3.46. The fourth-order valence-electron chi connectivity index (χ4n) is 5.18. The minimum atomic E-state index is -1.01. The van der Waals surface area contributed by atoms with E-state index in [0.717, 1.165) is 62.3 Å². The number of rotatable bonds is 9. The van der Waals surface area contributed by atoms with E-state index in [0.29, 0.717) is 29.8 Å². The molecule has 3 aromatic rings. The van der Waals surface area contributed by atoms with Crippen LogP contribution in [0.3, 0.4) is 0 Å². The van der Waals surface area contributed by atoms with E-state index in [9.17, 15) is 14.7 Å². The molecule has 2 atom stereocenters. The number of aromatic amines is 1. The van der Waals surface area contributed by atoms with Crippen LogP contribution < -0.4 is 10.6 Å². The zero-order valence-electron chi connectivity index (χ0n) is 19.8. The predicted molar refractivity (Wildman–Crippen MR) is 134 cm³/mol. The third-order valence-electron chi connectivity index (χ3n) is 7.20. The van der Waals surface area contributed by atoms with E-state index in [4.69, 9.17) is 4.98 Å². The van der Waals surface area contributed by atoms with Crippen LogP contribution in [0.2, 0.25) is 0 Å². The van der Waals surface area contributed by atoms with Gasteiger partial charge in [-0.05, 0) is 74.8 Å². The lowest BCUT2D eigenvalue weighted by Crippen LogP contribution is -2.43. The molecule has 1 aromatic carbocycles. The number of carbonyl (C=O) groups is 2. The highest BCUT2D eigenvalue weighted by atomic mass is 16.4. The number of carboxylic acids is 1. The van der Waals surface area contributed by atoms with E-state index in [1.165, 1.54) is 12.0 Å². The molecular weight excluding hydrogens is 444 g/mol. The number of anilines is 1. The van der Waals surface area contributed by atoms with Crippen molar-refractivity contribution in [1.82, 2.24) is 25.4 Å². The normalized spacial score (nSPS) is 18.7. The van der Waals surface area contributed by atoms with E-state index in [2.05, 4.69) is 37.9 Å². The van der Waals surface area contributed by atoms with Crippen LogP contribution in [-0.4, -0.2) is 69.3 Å². The van der Waals surface area contributed by atoms with Crippen molar-refractivity contribution in [3.8, 4) is 0 Å². The van der Waals surface area contributed by atoms with Crippen LogP contribution in [0, 0.1) is 5.92 Å². The Morgan fingerprint density at radius 2 is 2.17 bits per heavy atom. The minimum Gasteiger partial charge on any atom is -0.480 e. The maximum atomic E-state index is 12.8. The van der Waals surface area contributed by atoms with Crippen LogP contribution in [0.25, 0.3) is 10.9 Å². The maximum Gasteiger partial charge on any atom is 0.326 e. The Kier molecular flexibility index (Phi) is 6.94. The van der Waals surface area contributed by atoms with Crippen LogP contribution in [-0.2, 0) is 17.6 Å². The number of H-pyrrole nitrogens is 1. The van der Waals surface area contributed by atoms with Crippen molar-refractivity contribution in [1.29, 1.82) is 0 Å². The maximum absolute atomic E-state index is 12.8. The van der Waals surface area contributed by atoms with Gasteiger partial charge in [-0.25, -0.2) is 9.78 Å². The second kappa shape index (κ2) is 10.4. The summed E-state index contributed by atoms with van der Waals surface area (Å²) in [6.07, 6.45) is 7.36. The van der Waals surface area contributed by atoms with E-state index in [-0.39, 0.29) is 0 Å². The molecule has 9 nitrogen and oxygen atoms in total. The topological polar surface area (TPSA) is 123 Å². The molecule has 0 saturated carbocycles. The summed E-state index contributed by atoms with van der Waals surface area (Å²) in [6, 6.07) is 8.70. The number of benzene rings is 1. The minimum absolute atomic E-state index is 0.368. The Balaban J connectivity index is 1.10. The average molecular weight is 477 g/mol. The van der Waals surface area contributed by atoms with Gasteiger partial charge >= 0.3 is 5.97 Å². The summed E-state index contributed by atoms with van der Waals surface area (Å²) in [4.78, 5) is 31.8. The van der Waals surface area contributed by atoms with Gasteiger partial charge in [-0.15, -0.1) is 0 Å². The van der Waals surface area contributed by atoms with Gasteiger partial charge in [-0.2, -0.15) is 5.10 Å². The number of pyridine rings is 1. The van der Waals surface area contributed by atoms with Gasteiger partial charge in [-0.1, -0.05) is 12.1 Å². The SMILES string of the molecule is O=C(NC(CCN1CCC(CCc2ccc3c(n2)NCCC3)C1)C(=O)O)c1cccc2[nH]ncc12. The van der Waals surface area contributed by atoms with Gasteiger partial charge < -0.3 is 20.6 Å². The van der Waals surface area contributed by atoms with Gasteiger partial charge in [0.2, 0.25) is 0 Å². The molecule has 184 valence electrons. The number of carbonyl (C=O) groups excluding carboxylic acids is 1. The third-order valence-corrected chi connectivity index (χ3v) is 7.20. The molecule has 1 fully saturated rings. The molecule has 2 aliphatic heterocycles. The highest BCUT2D eigenvalue weighted by molar-refractivity contribution is 6.07. The Morgan fingerprint density at radius 3 is 3.06 bits per heavy atom. The number of hydrogen-bond acceptors (Lipinski definition) is 6. The lowest BCUT2D eigenvalue weighted by Gasteiger charge is -2.20. The average Bonchev–Trinajstić information content (AvgIpc) is 3.54. The van der Waals surface area contributed by atoms with Gasteiger partial charge in [0.05, 0.1) is 17.3 Å². The third kappa shape index (κ3) is 5.45. The zero-order chi connectivity index (χ0) is 24.2. The summed E-state index contributed by atoms with van der Waals surface area (Å²) in [5, 5.41) is 23.3. The molecule has 35 heavy (non-hydrogen) atoms. The van der Waals surface area contributed by atoms with Gasteiger partial charge in [0.1, 0.15) is 11.9 Å². The molecule has 4 N–H and O–H groups in total. The molecule has 5 rings (SSSR count). The molecule has 9 heteroatoms. The summed E-state index contributed by atoms with van der Waals surface area (Å²) in [5.41, 5.74) is 3.62. The van der Waals surface area contributed by atoms with Crippen molar-refractivity contribution in [3.05, 3.63) is 53.3 Å². The molecule has 1 amide bonds. The van der Waals surface area contributed by atoms with E-state index >= 15 is 0 Å². The summed E-state index contributed by atoms with van der Waals surface area (Å²) in [6.45, 7) is 3.55. The lowest BCUT2D eigenvalue weighted by molar-refractivity contribution is -0.139. The summed E-state index contributed by atoms with van der Waals surface area (Å²) >= 11 is 0. The molecule has 2 unspecified atom stereocenters. The smallest absolute Gasteiger partial charge is 0.326 e. The molecule has 0 bridgehead atoms. The number of likely N-dealkylation sites (tertiary alicyclic amines) is 1. The number of aryl methyl sites for hydroxylation is 2. The Labute approximate surface area is 204 Å². The van der Waals surface area contributed by atoms with Gasteiger partial charge in [-0.3, -0.25) is 9.89 Å². The monoisotopic (exact) mass is 476 g/mol. The number of amides is 1. The zero-order valence-corrected chi connectivity index (χ0v) is 19.8. The quantitative estimate of drug-likeness (QED) is 0.374. The number of aromatic nitrogens is 3. The summed E-state index contributed by atoms with van der Waals surface area (Å²) in [7, 11) is 0. The highest BCUT2D eigenvalue weighted by Gasteiger charge is 2.26. The lowest BCUT2D eigenvalue weighted by atomic mass is 10.00.